The third-order valence-corrected chi connectivity index (χ3v) is 3.11. The fourth-order valence-electron chi connectivity index (χ4n) is 1.81. The zero-order valence-corrected chi connectivity index (χ0v) is 10.4. The summed E-state index contributed by atoms with van der Waals surface area (Å²) in [6.45, 7) is 0. The van der Waals surface area contributed by atoms with Crippen molar-refractivity contribution in [3.05, 3.63) is 58.8 Å². The summed E-state index contributed by atoms with van der Waals surface area (Å²) in [6, 6.07) is 14.2. The summed E-state index contributed by atoms with van der Waals surface area (Å²) in [5, 5.41) is 0.956. The van der Waals surface area contributed by atoms with E-state index in [2.05, 4.69) is 15.9 Å². The maximum absolute atomic E-state index is 13.6. The van der Waals surface area contributed by atoms with Gasteiger partial charge in [0.1, 0.15) is 17.2 Å². The topological polar surface area (TPSA) is 13.1 Å². The van der Waals surface area contributed by atoms with Crippen molar-refractivity contribution < 1.29 is 8.81 Å². The first kappa shape index (κ1) is 10.5. The van der Waals surface area contributed by atoms with Gasteiger partial charge in [0.25, 0.3) is 0 Å². The highest BCUT2D eigenvalue weighted by atomic mass is 79.9. The third kappa shape index (κ3) is 1.87. The molecule has 0 aliphatic carbocycles. The highest BCUT2D eigenvalue weighted by molar-refractivity contribution is 9.10. The molecule has 0 fully saturated rings. The Labute approximate surface area is 106 Å². The van der Waals surface area contributed by atoms with Crippen LogP contribution in [0.25, 0.3) is 22.3 Å². The summed E-state index contributed by atoms with van der Waals surface area (Å²) in [5.74, 6) is 0.279. The standard InChI is InChI=1S/C14H8BrFO/c15-10-5-6-13-9(7-10)8-14(17-13)11-3-1-2-4-12(11)16/h1-8H. The molecule has 0 N–H and O–H groups in total. The van der Waals surface area contributed by atoms with Gasteiger partial charge in [-0.05, 0) is 36.4 Å². The first-order chi connectivity index (χ1) is 8.24. The summed E-state index contributed by atoms with van der Waals surface area (Å²) in [6.07, 6.45) is 0. The van der Waals surface area contributed by atoms with Crippen molar-refractivity contribution in [1.82, 2.24) is 0 Å². The number of rotatable bonds is 1. The van der Waals surface area contributed by atoms with E-state index in [1.165, 1.54) is 6.07 Å². The van der Waals surface area contributed by atoms with Gasteiger partial charge in [-0.25, -0.2) is 4.39 Å². The first-order valence-corrected chi connectivity index (χ1v) is 5.97. The molecular formula is C14H8BrFO. The van der Waals surface area contributed by atoms with E-state index in [1.54, 1.807) is 18.2 Å². The minimum atomic E-state index is -0.273. The van der Waals surface area contributed by atoms with Crippen LogP contribution in [0.4, 0.5) is 4.39 Å². The van der Waals surface area contributed by atoms with Crippen molar-refractivity contribution in [3.8, 4) is 11.3 Å². The van der Waals surface area contributed by atoms with Crippen molar-refractivity contribution in [3.63, 3.8) is 0 Å². The molecule has 0 aliphatic rings. The Hall–Kier alpha value is -1.61. The van der Waals surface area contributed by atoms with Gasteiger partial charge in [0, 0.05) is 9.86 Å². The second-order valence-corrected chi connectivity index (χ2v) is 4.69. The molecule has 1 aromatic heterocycles. The molecule has 2 aromatic carbocycles. The highest BCUT2D eigenvalue weighted by Gasteiger charge is 2.09. The summed E-state index contributed by atoms with van der Waals surface area (Å²) < 4.78 is 20.2. The molecule has 0 atom stereocenters. The number of hydrogen-bond donors (Lipinski definition) is 0. The molecule has 0 bridgehead atoms. The molecule has 0 unspecified atom stereocenters. The van der Waals surface area contributed by atoms with Crippen LogP contribution in [0.15, 0.2) is 57.4 Å². The van der Waals surface area contributed by atoms with Crippen LogP contribution in [-0.4, -0.2) is 0 Å². The zero-order valence-electron chi connectivity index (χ0n) is 8.78. The normalized spacial score (nSPS) is 10.9. The maximum Gasteiger partial charge on any atom is 0.138 e. The molecule has 0 spiro atoms. The number of benzene rings is 2. The van der Waals surface area contributed by atoms with Crippen molar-refractivity contribution in [2.24, 2.45) is 0 Å². The molecule has 0 aliphatic heterocycles. The fraction of sp³-hybridized carbons (Fsp3) is 0. The Balaban J connectivity index is 2.22. The molecule has 3 heteroatoms. The monoisotopic (exact) mass is 290 g/mol. The Kier molecular flexibility index (Phi) is 2.48. The van der Waals surface area contributed by atoms with Crippen molar-refractivity contribution >= 4 is 26.9 Å². The van der Waals surface area contributed by atoms with Gasteiger partial charge < -0.3 is 4.42 Å². The SMILES string of the molecule is Fc1ccccc1-c1cc2cc(Br)ccc2o1. The average Bonchev–Trinajstić information content (AvgIpc) is 2.72. The van der Waals surface area contributed by atoms with E-state index in [4.69, 9.17) is 4.42 Å². The Morgan fingerprint density at radius 2 is 1.82 bits per heavy atom. The highest BCUT2D eigenvalue weighted by Crippen LogP contribution is 2.30. The van der Waals surface area contributed by atoms with Crippen LogP contribution in [0.1, 0.15) is 0 Å². The van der Waals surface area contributed by atoms with Crippen LogP contribution in [0.2, 0.25) is 0 Å². The van der Waals surface area contributed by atoms with Crippen molar-refractivity contribution in [2.75, 3.05) is 0 Å². The maximum atomic E-state index is 13.6. The smallest absolute Gasteiger partial charge is 0.138 e. The fourth-order valence-corrected chi connectivity index (χ4v) is 2.19. The molecule has 3 aromatic rings. The number of hydrogen-bond acceptors (Lipinski definition) is 1. The molecule has 0 saturated carbocycles. The summed E-state index contributed by atoms with van der Waals surface area (Å²) in [7, 11) is 0. The lowest BCUT2D eigenvalue weighted by atomic mass is 10.1. The van der Waals surface area contributed by atoms with Crippen molar-refractivity contribution in [2.45, 2.75) is 0 Å². The molecule has 17 heavy (non-hydrogen) atoms. The second kappa shape index (κ2) is 4.00. The van der Waals surface area contributed by atoms with Gasteiger partial charge in [-0.15, -0.1) is 0 Å². The van der Waals surface area contributed by atoms with Gasteiger partial charge in [0.05, 0.1) is 5.56 Å². The van der Waals surface area contributed by atoms with E-state index < -0.39 is 0 Å². The summed E-state index contributed by atoms with van der Waals surface area (Å²) in [5.41, 5.74) is 1.24. The molecule has 1 nitrogen and oxygen atoms in total. The van der Waals surface area contributed by atoms with Gasteiger partial charge in [0.2, 0.25) is 0 Å². The zero-order chi connectivity index (χ0) is 11.8. The summed E-state index contributed by atoms with van der Waals surface area (Å²) >= 11 is 3.40. The molecule has 84 valence electrons. The van der Waals surface area contributed by atoms with Gasteiger partial charge >= 0.3 is 0 Å². The largest absolute Gasteiger partial charge is 0.456 e. The predicted molar refractivity (Wildman–Crippen MR) is 69.3 cm³/mol. The minimum absolute atomic E-state index is 0.273. The molecule has 0 saturated heterocycles. The molecule has 3 rings (SSSR count). The number of halogens is 2. The first-order valence-electron chi connectivity index (χ1n) is 5.18. The minimum Gasteiger partial charge on any atom is -0.456 e. The lowest BCUT2D eigenvalue weighted by molar-refractivity contribution is 0.601. The van der Waals surface area contributed by atoms with E-state index in [1.807, 2.05) is 24.3 Å². The van der Waals surface area contributed by atoms with Crippen LogP contribution in [0.5, 0.6) is 0 Å². The lowest BCUT2D eigenvalue weighted by Gasteiger charge is -1.96. The molecule has 0 amide bonds. The Bertz CT molecular complexity index is 688. The number of furan rings is 1. The van der Waals surface area contributed by atoms with E-state index in [0.29, 0.717) is 11.3 Å². The van der Waals surface area contributed by atoms with Crippen LogP contribution in [0.3, 0.4) is 0 Å². The van der Waals surface area contributed by atoms with E-state index in [9.17, 15) is 4.39 Å². The van der Waals surface area contributed by atoms with Crippen LogP contribution < -0.4 is 0 Å². The lowest BCUT2D eigenvalue weighted by Crippen LogP contribution is -1.79. The van der Waals surface area contributed by atoms with E-state index >= 15 is 0 Å². The van der Waals surface area contributed by atoms with Crippen LogP contribution in [0, 0.1) is 5.82 Å². The Morgan fingerprint density at radius 1 is 1.00 bits per heavy atom. The third-order valence-electron chi connectivity index (χ3n) is 2.62. The van der Waals surface area contributed by atoms with E-state index in [0.717, 1.165) is 15.4 Å². The average molecular weight is 291 g/mol. The van der Waals surface area contributed by atoms with Gasteiger partial charge in [-0.2, -0.15) is 0 Å². The molecule has 1 heterocycles. The number of fused-ring (bicyclic) bond motifs is 1. The quantitative estimate of drug-likeness (QED) is 0.615. The van der Waals surface area contributed by atoms with Crippen molar-refractivity contribution in [1.29, 1.82) is 0 Å². The Morgan fingerprint density at radius 3 is 2.65 bits per heavy atom. The molecular weight excluding hydrogens is 283 g/mol. The van der Waals surface area contributed by atoms with Gasteiger partial charge in [-0.1, -0.05) is 28.1 Å². The second-order valence-electron chi connectivity index (χ2n) is 3.77. The van der Waals surface area contributed by atoms with Crippen LogP contribution >= 0.6 is 15.9 Å². The molecule has 0 radical (unpaired) electrons. The van der Waals surface area contributed by atoms with Gasteiger partial charge in [0.15, 0.2) is 0 Å². The summed E-state index contributed by atoms with van der Waals surface area (Å²) in [4.78, 5) is 0. The van der Waals surface area contributed by atoms with Gasteiger partial charge in [-0.3, -0.25) is 0 Å². The van der Waals surface area contributed by atoms with Crippen LogP contribution in [-0.2, 0) is 0 Å². The van der Waals surface area contributed by atoms with E-state index in [-0.39, 0.29) is 5.82 Å². The predicted octanol–water partition coefficient (Wildman–Crippen LogP) is 5.00.